The maximum absolute atomic E-state index is 5.15. The van der Waals surface area contributed by atoms with Crippen molar-refractivity contribution in [2.45, 2.75) is 46.1 Å². The second-order valence-corrected chi connectivity index (χ2v) is 5.79. The van der Waals surface area contributed by atoms with Gasteiger partial charge in [0.05, 0.1) is 5.69 Å². The van der Waals surface area contributed by atoms with E-state index in [2.05, 4.69) is 28.9 Å². The zero-order chi connectivity index (χ0) is 13.7. The maximum atomic E-state index is 5.15. The molecule has 1 aliphatic heterocycles. The van der Waals surface area contributed by atoms with Gasteiger partial charge >= 0.3 is 0 Å². The van der Waals surface area contributed by atoms with Gasteiger partial charge in [0.2, 0.25) is 0 Å². The molecular formula is C15H27N3O. The van der Waals surface area contributed by atoms with Crippen molar-refractivity contribution in [3.63, 3.8) is 0 Å². The summed E-state index contributed by atoms with van der Waals surface area (Å²) in [4.78, 5) is 2.59. The average molecular weight is 265 g/mol. The van der Waals surface area contributed by atoms with Gasteiger partial charge in [-0.1, -0.05) is 0 Å². The highest BCUT2D eigenvalue weighted by atomic mass is 16.5. The number of likely N-dealkylation sites (tertiary alicyclic amines) is 1. The van der Waals surface area contributed by atoms with Crippen molar-refractivity contribution in [1.29, 1.82) is 0 Å². The summed E-state index contributed by atoms with van der Waals surface area (Å²) in [6.07, 6.45) is 5.20. The van der Waals surface area contributed by atoms with Crippen LogP contribution in [0.2, 0.25) is 0 Å². The number of aryl methyl sites for hydroxylation is 2. The van der Waals surface area contributed by atoms with Gasteiger partial charge in [-0.2, -0.15) is 5.10 Å². The van der Waals surface area contributed by atoms with E-state index in [0.717, 1.165) is 24.8 Å². The zero-order valence-electron chi connectivity index (χ0n) is 12.5. The Bertz CT molecular complexity index is 369. The van der Waals surface area contributed by atoms with E-state index in [1.807, 2.05) is 0 Å². The largest absolute Gasteiger partial charge is 0.385 e. The van der Waals surface area contributed by atoms with Crippen molar-refractivity contribution in [1.82, 2.24) is 15.1 Å². The van der Waals surface area contributed by atoms with Crippen LogP contribution in [0.3, 0.4) is 0 Å². The number of H-pyrrole nitrogens is 1. The molecule has 1 aromatic rings. The summed E-state index contributed by atoms with van der Waals surface area (Å²) in [5, 5.41) is 7.38. The normalized spacial score (nSPS) is 20.9. The Morgan fingerprint density at radius 2 is 2.26 bits per heavy atom. The number of hydrogen-bond donors (Lipinski definition) is 1. The molecule has 4 heteroatoms. The first kappa shape index (κ1) is 14.5. The van der Waals surface area contributed by atoms with Gasteiger partial charge in [0.1, 0.15) is 0 Å². The molecule has 0 unspecified atom stereocenters. The smallest absolute Gasteiger partial charge is 0.0639 e. The van der Waals surface area contributed by atoms with Crippen molar-refractivity contribution in [3.05, 3.63) is 17.0 Å². The molecule has 0 aliphatic carbocycles. The third-order valence-corrected chi connectivity index (χ3v) is 4.23. The first-order valence-electron chi connectivity index (χ1n) is 7.42. The second kappa shape index (κ2) is 7.06. The lowest BCUT2D eigenvalue weighted by Crippen LogP contribution is -2.35. The number of rotatable bonds is 6. The van der Waals surface area contributed by atoms with E-state index >= 15 is 0 Å². The van der Waals surface area contributed by atoms with Gasteiger partial charge in [0.15, 0.2) is 0 Å². The maximum Gasteiger partial charge on any atom is 0.0639 e. The summed E-state index contributed by atoms with van der Waals surface area (Å²) in [6, 6.07) is 0. The van der Waals surface area contributed by atoms with Crippen molar-refractivity contribution in [2.24, 2.45) is 5.92 Å². The molecular weight excluding hydrogens is 238 g/mol. The quantitative estimate of drug-likeness (QED) is 0.804. The van der Waals surface area contributed by atoms with Crippen LogP contribution in [0.15, 0.2) is 0 Å². The Hall–Kier alpha value is -0.870. The van der Waals surface area contributed by atoms with E-state index < -0.39 is 0 Å². The van der Waals surface area contributed by atoms with Gasteiger partial charge < -0.3 is 4.74 Å². The van der Waals surface area contributed by atoms with E-state index in [1.165, 1.54) is 50.0 Å². The molecule has 4 nitrogen and oxygen atoms in total. The number of nitrogens with zero attached hydrogens (tertiary/aromatic N) is 2. The Labute approximate surface area is 116 Å². The summed E-state index contributed by atoms with van der Waals surface area (Å²) >= 11 is 0. The molecule has 0 aromatic carbocycles. The molecule has 0 bridgehead atoms. The number of piperidine rings is 1. The van der Waals surface area contributed by atoms with Gasteiger partial charge in [0, 0.05) is 38.1 Å². The van der Waals surface area contributed by atoms with E-state index in [9.17, 15) is 0 Å². The number of aromatic nitrogens is 2. The van der Waals surface area contributed by atoms with Crippen LogP contribution >= 0.6 is 0 Å². The fourth-order valence-electron chi connectivity index (χ4n) is 3.08. The standard InChI is InChI=1S/C15H27N3O/c1-12-15(13(2)17-16-12)11-18-8-4-6-14(10-18)7-5-9-19-3/h14H,4-11H2,1-3H3,(H,16,17)/t14-/m1/s1. The molecule has 108 valence electrons. The minimum Gasteiger partial charge on any atom is -0.385 e. The summed E-state index contributed by atoms with van der Waals surface area (Å²) in [6.45, 7) is 8.62. The fraction of sp³-hybridized carbons (Fsp3) is 0.800. The Balaban J connectivity index is 1.84. The first-order valence-corrected chi connectivity index (χ1v) is 7.42. The predicted octanol–water partition coefficient (Wildman–Crippen LogP) is 2.67. The van der Waals surface area contributed by atoms with Gasteiger partial charge in [0.25, 0.3) is 0 Å². The Morgan fingerprint density at radius 3 is 2.95 bits per heavy atom. The molecule has 1 saturated heterocycles. The lowest BCUT2D eigenvalue weighted by molar-refractivity contribution is 0.142. The van der Waals surface area contributed by atoms with E-state index in [0.29, 0.717) is 0 Å². The van der Waals surface area contributed by atoms with Crippen molar-refractivity contribution >= 4 is 0 Å². The highest BCUT2D eigenvalue weighted by molar-refractivity contribution is 5.22. The second-order valence-electron chi connectivity index (χ2n) is 5.79. The summed E-state index contributed by atoms with van der Waals surface area (Å²) in [7, 11) is 1.79. The van der Waals surface area contributed by atoms with E-state index in [-0.39, 0.29) is 0 Å². The van der Waals surface area contributed by atoms with Crippen LogP contribution < -0.4 is 0 Å². The fourth-order valence-corrected chi connectivity index (χ4v) is 3.08. The van der Waals surface area contributed by atoms with Crippen molar-refractivity contribution < 1.29 is 4.74 Å². The monoisotopic (exact) mass is 265 g/mol. The van der Waals surface area contributed by atoms with Crippen molar-refractivity contribution in [2.75, 3.05) is 26.8 Å². The molecule has 1 N–H and O–H groups in total. The number of aromatic amines is 1. The molecule has 0 saturated carbocycles. The SMILES string of the molecule is COCCC[C@H]1CCCN(Cc2c(C)n[nH]c2C)C1. The summed E-state index contributed by atoms with van der Waals surface area (Å²) in [5.74, 6) is 0.844. The summed E-state index contributed by atoms with van der Waals surface area (Å²) < 4.78 is 5.15. The lowest BCUT2D eigenvalue weighted by atomic mass is 9.93. The highest BCUT2D eigenvalue weighted by Gasteiger charge is 2.21. The Morgan fingerprint density at radius 1 is 1.42 bits per heavy atom. The lowest BCUT2D eigenvalue weighted by Gasteiger charge is -2.32. The van der Waals surface area contributed by atoms with Crippen LogP contribution in [0.4, 0.5) is 0 Å². The van der Waals surface area contributed by atoms with Crippen LogP contribution in [0.25, 0.3) is 0 Å². The minimum absolute atomic E-state index is 0.844. The molecule has 0 amide bonds. The third-order valence-electron chi connectivity index (χ3n) is 4.23. The first-order chi connectivity index (χ1) is 9.20. The third kappa shape index (κ3) is 4.05. The molecule has 2 heterocycles. The van der Waals surface area contributed by atoms with Crippen LogP contribution in [0.1, 0.15) is 42.6 Å². The van der Waals surface area contributed by atoms with E-state index in [1.54, 1.807) is 7.11 Å². The number of hydrogen-bond acceptors (Lipinski definition) is 3. The summed E-state index contributed by atoms with van der Waals surface area (Å²) in [5.41, 5.74) is 3.76. The molecule has 0 radical (unpaired) electrons. The van der Waals surface area contributed by atoms with Gasteiger partial charge in [-0.25, -0.2) is 0 Å². The number of ether oxygens (including phenoxy) is 1. The zero-order valence-corrected chi connectivity index (χ0v) is 12.5. The molecule has 1 aromatic heterocycles. The average Bonchev–Trinajstić information content (AvgIpc) is 2.72. The Kier molecular flexibility index (Phi) is 5.40. The van der Waals surface area contributed by atoms with Crippen LogP contribution in [0.5, 0.6) is 0 Å². The molecule has 1 aliphatic rings. The van der Waals surface area contributed by atoms with Gasteiger partial charge in [-0.3, -0.25) is 10.00 Å². The van der Waals surface area contributed by atoms with Crippen LogP contribution in [-0.4, -0.2) is 41.9 Å². The number of methoxy groups -OCH3 is 1. The van der Waals surface area contributed by atoms with Crippen molar-refractivity contribution in [3.8, 4) is 0 Å². The molecule has 0 spiro atoms. The highest BCUT2D eigenvalue weighted by Crippen LogP contribution is 2.23. The van der Waals surface area contributed by atoms with Gasteiger partial charge in [-0.05, 0) is 52.0 Å². The molecule has 1 fully saturated rings. The van der Waals surface area contributed by atoms with Crippen LogP contribution in [0, 0.1) is 19.8 Å². The number of nitrogens with one attached hydrogen (secondary N) is 1. The minimum atomic E-state index is 0.844. The topological polar surface area (TPSA) is 41.1 Å². The molecule has 1 atom stereocenters. The molecule has 2 rings (SSSR count). The van der Waals surface area contributed by atoms with Gasteiger partial charge in [-0.15, -0.1) is 0 Å². The predicted molar refractivity (Wildman–Crippen MR) is 77.2 cm³/mol. The molecule has 19 heavy (non-hydrogen) atoms. The van der Waals surface area contributed by atoms with E-state index in [4.69, 9.17) is 4.74 Å². The van der Waals surface area contributed by atoms with Crippen LogP contribution in [-0.2, 0) is 11.3 Å².